The van der Waals surface area contributed by atoms with Gasteiger partial charge in [-0.1, -0.05) is 15.9 Å². The highest BCUT2D eigenvalue weighted by Gasteiger charge is 2.38. The largest absolute Gasteiger partial charge is 0.505 e. The molecule has 2 N–H and O–H groups in total. The van der Waals surface area contributed by atoms with Gasteiger partial charge in [0.1, 0.15) is 0 Å². The molecule has 0 bridgehead atoms. The highest BCUT2D eigenvalue weighted by molar-refractivity contribution is 9.10. The quantitative estimate of drug-likeness (QED) is 0.895. The lowest BCUT2D eigenvalue weighted by atomic mass is 9.98. The summed E-state index contributed by atoms with van der Waals surface area (Å²) in [5.74, 6) is -0.165. The number of hydrogen-bond acceptors (Lipinski definition) is 3. The molecule has 104 valence electrons. The van der Waals surface area contributed by atoms with Crippen LogP contribution in [-0.4, -0.2) is 36.2 Å². The highest BCUT2D eigenvalue weighted by atomic mass is 79.9. The minimum atomic E-state index is -0.537. The van der Waals surface area contributed by atoms with Gasteiger partial charge < -0.3 is 10.4 Å². The summed E-state index contributed by atoms with van der Waals surface area (Å²) in [7, 11) is 0. The maximum atomic E-state index is 13.7. The Morgan fingerprint density at radius 3 is 2.63 bits per heavy atom. The van der Waals surface area contributed by atoms with Gasteiger partial charge in [0.05, 0.1) is 0 Å². The number of phenolic OH excluding ortho intramolecular Hbond substituents is 1. The summed E-state index contributed by atoms with van der Waals surface area (Å²) in [6.45, 7) is 3.82. The lowest BCUT2D eigenvalue weighted by Gasteiger charge is -2.35. The Bertz CT molecular complexity index is 473. The first-order valence-corrected chi connectivity index (χ1v) is 7.59. The van der Waals surface area contributed by atoms with E-state index in [1.807, 2.05) is 6.07 Å². The second-order valence-electron chi connectivity index (χ2n) is 5.39. The molecule has 1 aliphatic carbocycles. The molecule has 0 amide bonds. The van der Waals surface area contributed by atoms with Gasteiger partial charge in [-0.15, -0.1) is 0 Å². The van der Waals surface area contributed by atoms with Crippen molar-refractivity contribution in [2.75, 3.05) is 26.2 Å². The summed E-state index contributed by atoms with van der Waals surface area (Å²) in [4.78, 5) is 2.37. The molecule has 1 heterocycles. The van der Waals surface area contributed by atoms with Crippen LogP contribution in [0.4, 0.5) is 4.39 Å². The van der Waals surface area contributed by atoms with Crippen LogP contribution in [0.5, 0.6) is 5.75 Å². The van der Waals surface area contributed by atoms with Crippen molar-refractivity contribution in [2.24, 2.45) is 5.92 Å². The van der Waals surface area contributed by atoms with Crippen molar-refractivity contribution in [3.05, 3.63) is 28.0 Å². The van der Waals surface area contributed by atoms with Gasteiger partial charge in [-0.2, -0.15) is 0 Å². The molecule has 3 rings (SSSR count). The van der Waals surface area contributed by atoms with E-state index < -0.39 is 5.82 Å². The Morgan fingerprint density at radius 2 is 2.00 bits per heavy atom. The molecule has 2 aliphatic rings. The molecular weight excluding hydrogens is 311 g/mol. The van der Waals surface area contributed by atoms with E-state index in [-0.39, 0.29) is 11.8 Å². The predicted molar refractivity (Wildman–Crippen MR) is 75.7 cm³/mol. The van der Waals surface area contributed by atoms with E-state index in [1.54, 1.807) is 0 Å². The SMILES string of the molecule is Oc1c(F)cc(Br)cc1[C@@H](C1CC1)N1CCNCC1. The summed E-state index contributed by atoms with van der Waals surface area (Å²) in [6.07, 6.45) is 2.34. The smallest absolute Gasteiger partial charge is 0.166 e. The van der Waals surface area contributed by atoms with Crippen molar-refractivity contribution in [1.82, 2.24) is 10.2 Å². The van der Waals surface area contributed by atoms with Crippen LogP contribution in [0.15, 0.2) is 16.6 Å². The summed E-state index contributed by atoms with van der Waals surface area (Å²) >= 11 is 3.33. The van der Waals surface area contributed by atoms with Crippen molar-refractivity contribution in [3.8, 4) is 5.75 Å². The summed E-state index contributed by atoms with van der Waals surface area (Å²) in [5.41, 5.74) is 0.733. The summed E-state index contributed by atoms with van der Waals surface area (Å²) < 4.78 is 14.4. The first kappa shape index (κ1) is 13.3. The Labute approximate surface area is 120 Å². The average Bonchev–Trinajstić information content (AvgIpc) is 3.21. The maximum absolute atomic E-state index is 13.7. The van der Waals surface area contributed by atoms with E-state index >= 15 is 0 Å². The molecule has 1 saturated heterocycles. The first-order chi connectivity index (χ1) is 9.16. The van der Waals surface area contributed by atoms with Crippen LogP contribution < -0.4 is 5.32 Å². The molecule has 1 aliphatic heterocycles. The molecule has 1 saturated carbocycles. The zero-order valence-corrected chi connectivity index (χ0v) is 12.3. The van der Waals surface area contributed by atoms with E-state index in [9.17, 15) is 9.50 Å². The third-order valence-corrected chi connectivity index (χ3v) is 4.45. The molecule has 3 nitrogen and oxygen atoms in total. The van der Waals surface area contributed by atoms with E-state index in [2.05, 4.69) is 26.1 Å². The van der Waals surface area contributed by atoms with Gasteiger partial charge in [0, 0.05) is 42.3 Å². The van der Waals surface area contributed by atoms with Crippen LogP contribution in [0.1, 0.15) is 24.4 Å². The minimum absolute atomic E-state index is 0.147. The number of halogens is 2. The van der Waals surface area contributed by atoms with Crippen LogP contribution in [0.25, 0.3) is 0 Å². The van der Waals surface area contributed by atoms with Crippen molar-refractivity contribution in [2.45, 2.75) is 18.9 Å². The van der Waals surface area contributed by atoms with Gasteiger partial charge in [0.25, 0.3) is 0 Å². The molecule has 0 aromatic heterocycles. The van der Waals surface area contributed by atoms with Gasteiger partial charge in [-0.05, 0) is 30.9 Å². The zero-order chi connectivity index (χ0) is 13.4. The predicted octanol–water partition coefficient (Wildman–Crippen LogP) is 2.65. The summed E-state index contributed by atoms with van der Waals surface area (Å²) in [5, 5.41) is 13.4. The molecule has 19 heavy (non-hydrogen) atoms. The zero-order valence-electron chi connectivity index (χ0n) is 10.7. The molecular formula is C14H18BrFN2O. The Hall–Kier alpha value is -0.650. The van der Waals surface area contributed by atoms with Crippen LogP contribution in [0.3, 0.4) is 0 Å². The van der Waals surface area contributed by atoms with Gasteiger partial charge in [0.2, 0.25) is 0 Å². The molecule has 1 aromatic rings. The first-order valence-electron chi connectivity index (χ1n) is 6.79. The number of rotatable bonds is 3. The fourth-order valence-corrected chi connectivity index (χ4v) is 3.38. The molecule has 0 spiro atoms. The normalized spacial score (nSPS) is 22.4. The topological polar surface area (TPSA) is 35.5 Å². The van der Waals surface area contributed by atoms with Gasteiger partial charge in [-0.25, -0.2) is 4.39 Å². The van der Waals surface area contributed by atoms with E-state index in [4.69, 9.17) is 0 Å². The number of hydrogen-bond donors (Lipinski definition) is 2. The molecule has 0 radical (unpaired) electrons. The third-order valence-electron chi connectivity index (χ3n) is 3.99. The number of nitrogens with zero attached hydrogens (tertiary/aromatic N) is 1. The fraction of sp³-hybridized carbons (Fsp3) is 0.571. The number of benzene rings is 1. The van der Waals surface area contributed by atoms with Crippen molar-refractivity contribution in [3.63, 3.8) is 0 Å². The second-order valence-corrected chi connectivity index (χ2v) is 6.31. The van der Waals surface area contributed by atoms with Crippen molar-refractivity contribution >= 4 is 15.9 Å². The molecule has 1 aromatic carbocycles. The Balaban J connectivity index is 1.95. The van der Waals surface area contributed by atoms with Crippen molar-refractivity contribution in [1.29, 1.82) is 0 Å². The molecule has 0 unspecified atom stereocenters. The molecule has 5 heteroatoms. The minimum Gasteiger partial charge on any atom is -0.505 e. The van der Waals surface area contributed by atoms with E-state index in [0.717, 1.165) is 31.7 Å². The fourth-order valence-electron chi connectivity index (χ4n) is 2.93. The number of piperazine rings is 1. The van der Waals surface area contributed by atoms with Gasteiger partial charge in [-0.3, -0.25) is 4.90 Å². The van der Waals surface area contributed by atoms with Crippen LogP contribution in [0.2, 0.25) is 0 Å². The number of nitrogens with one attached hydrogen (secondary N) is 1. The van der Waals surface area contributed by atoms with Crippen LogP contribution >= 0.6 is 15.9 Å². The van der Waals surface area contributed by atoms with Crippen molar-refractivity contribution < 1.29 is 9.50 Å². The standard InChI is InChI=1S/C14H18BrFN2O/c15-10-7-11(14(19)12(16)8-10)13(9-1-2-9)18-5-3-17-4-6-18/h7-9,13,17,19H,1-6H2/t13-/m1/s1. The second kappa shape index (κ2) is 5.38. The highest BCUT2D eigenvalue weighted by Crippen LogP contribution is 2.47. The Morgan fingerprint density at radius 1 is 1.32 bits per heavy atom. The molecule has 1 atom stereocenters. The molecule has 2 fully saturated rings. The monoisotopic (exact) mass is 328 g/mol. The number of phenols is 1. The van der Waals surface area contributed by atoms with E-state index in [0.29, 0.717) is 10.4 Å². The third kappa shape index (κ3) is 2.78. The van der Waals surface area contributed by atoms with Crippen LogP contribution in [0, 0.1) is 11.7 Å². The van der Waals surface area contributed by atoms with Gasteiger partial charge in [0.15, 0.2) is 11.6 Å². The van der Waals surface area contributed by atoms with Gasteiger partial charge >= 0.3 is 0 Å². The average molecular weight is 329 g/mol. The lowest BCUT2D eigenvalue weighted by Crippen LogP contribution is -2.45. The Kier molecular flexibility index (Phi) is 3.78. The lowest BCUT2D eigenvalue weighted by molar-refractivity contribution is 0.153. The number of aromatic hydroxyl groups is 1. The summed E-state index contributed by atoms with van der Waals surface area (Å²) in [6, 6.07) is 3.33. The van der Waals surface area contributed by atoms with Crippen LogP contribution in [-0.2, 0) is 0 Å². The maximum Gasteiger partial charge on any atom is 0.166 e. The van der Waals surface area contributed by atoms with E-state index in [1.165, 1.54) is 18.9 Å².